The largest absolute Gasteiger partial charge is 0.476 e. The van der Waals surface area contributed by atoms with E-state index in [1.165, 1.54) is 21.9 Å². The standard InChI is InChI=1S/C21H17NO2/c1-2-10-19-17(5-1)13-22(14-23-19)24-20-12-11-16-7-3-6-15-8-4-9-18(20)21(15)16/h1-12,20H,13-14H2. The predicted octanol–water partition coefficient (Wildman–Crippen LogP) is 4.69. The average molecular weight is 315 g/mol. The third-order valence-electron chi connectivity index (χ3n) is 4.67. The zero-order valence-corrected chi connectivity index (χ0v) is 13.2. The second-order valence-corrected chi connectivity index (χ2v) is 6.20. The van der Waals surface area contributed by atoms with E-state index in [-0.39, 0.29) is 6.10 Å². The van der Waals surface area contributed by atoms with E-state index in [1.807, 2.05) is 23.3 Å². The first-order chi connectivity index (χ1) is 11.9. The molecule has 1 aliphatic carbocycles. The molecule has 0 bridgehead atoms. The molecule has 3 nitrogen and oxygen atoms in total. The smallest absolute Gasteiger partial charge is 0.164 e. The van der Waals surface area contributed by atoms with Crippen LogP contribution in [0.5, 0.6) is 5.75 Å². The van der Waals surface area contributed by atoms with E-state index in [1.54, 1.807) is 0 Å². The third-order valence-corrected chi connectivity index (χ3v) is 4.67. The lowest BCUT2D eigenvalue weighted by Gasteiger charge is -2.32. The predicted molar refractivity (Wildman–Crippen MR) is 94.3 cm³/mol. The minimum Gasteiger partial charge on any atom is -0.476 e. The van der Waals surface area contributed by atoms with Crippen molar-refractivity contribution in [3.05, 3.63) is 83.4 Å². The zero-order valence-electron chi connectivity index (χ0n) is 13.2. The van der Waals surface area contributed by atoms with Gasteiger partial charge in [0.2, 0.25) is 0 Å². The molecule has 0 aromatic heterocycles. The summed E-state index contributed by atoms with van der Waals surface area (Å²) in [6.45, 7) is 1.18. The van der Waals surface area contributed by atoms with E-state index in [9.17, 15) is 0 Å². The molecular weight excluding hydrogens is 298 g/mol. The molecule has 118 valence electrons. The summed E-state index contributed by atoms with van der Waals surface area (Å²) in [4.78, 5) is 6.26. The fourth-order valence-corrected chi connectivity index (χ4v) is 3.54. The van der Waals surface area contributed by atoms with Gasteiger partial charge in [-0.1, -0.05) is 60.7 Å². The summed E-state index contributed by atoms with van der Waals surface area (Å²) in [6, 6.07) is 20.9. The van der Waals surface area contributed by atoms with Gasteiger partial charge in [0, 0.05) is 5.56 Å². The van der Waals surface area contributed by atoms with Crippen molar-refractivity contribution in [1.82, 2.24) is 5.06 Å². The lowest BCUT2D eigenvalue weighted by molar-refractivity contribution is -0.227. The SMILES string of the molecule is C1=CC(ON2COc3ccccc3C2)c2cccc3cccc1c23. The summed E-state index contributed by atoms with van der Waals surface area (Å²) < 4.78 is 5.80. The summed E-state index contributed by atoms with van der Waals surface area (Å²) in [5.74, 6) is 0.948. The molecule has 3 aromatic rings. The summed E-state index contributed by atoms with van der Waals surface area (Å²) in [5, 5.41) is 4.43. The van der Waals surface area contributed by atoms with Gasteiger partial charge in [-0.3, -0.25) is 4.84 Å². The number of para-hydroxylation sites is 1. The Balaban J connectivity index is 1.46. The Morgan fingerprint density at radius 1 is 0.958 bits per heavy atom. The number of rotatable bonds is 2. The maximum absolute atomic E-state index is 6.26. The van der Waals surface area contributed by atoms with Gasteiger partial charge < -0.3 is 4.74 Å². The van der Waals surface area contributed by atoms with E-state index in [0.717, 1.165) is 17.9 Å². The van der Waals surface area contributed by atoms with Gasteiger partial charge in [-0.05, 0) is 34.0 Å². The van der Waals surface area contributed by atoms with E-state index >= 15 is 0 Å². The molecule has 1 heterocycles. The number of nitrogens with zero attached hydrogens (tertiary/aromatic N) is 1. The highest BCUT2D eigenvalue weighted by atomic mass is 16.7. The van der Waals surface area contributed by atoms with Gasteiger partial charge in [-0.2, -0.15) is 0 Å². The molecule has 3 aromatic carbocycles. The Kier molecular flexibility index (Phi) is 3.15. The number of hydroxylamine groups is 2. The van der Waals surface area contributed by atoms with Crippen LogP contribution in [0.1, 0.15) is 22.8 Å². The monoisotopic (exact) mass is 315 g/mol. The molecule has 0 fully saturated rings. The molecule has 3 heteroatoms. The highest BCUT2D eigenvalue weighted by molar-refractivity contribution is 5.95. The molecule has 0 saturated heterocycles. The number of ether oxygens (including phenoxy) is 1. The van der Waals surface area contributed by atoms with Crippen LogP contribution in [-0.4, -0.2) is 11.8 Å². The van der Waals surface area contributed by atoms with Crippen LogP contribution >= 0.6 is 0 Å². The first kappa shape index (κ1) is 13.8. The van der Waals surface area contributed by atoms with Gasteiger partial charge in [0.15, 0.2) is 6.73 Å². The van der Waals surface area contributed by atoms with Crippen LogP contribution in [0.15, 0.2) is 66.7 Å². The Bertz CT molecular complexity index is 942. The van der Waals surface area contributed by atoms with Gasteiger partial charge in [-0.15, -0.1) is 5.06 Å². The summed E-state index contributed by atoms with van der Waals surface area (Å²) in [7, 11) is 0. The first-order valence-corrected chi connectivity index (χ1v) is 8.21. The molecule has 2 aliphatic rings. The number of hydrogen-bond donors (Lipinski definition) is 0. The van der Waals surface area contributed by atoms with Crippen LogP contribution in [0.25, 0.3) is 16.8 Å². The van der Waals surface area contributed by atoms with Crippen LogP contribution in [0, 0.1) is 0 Å². The molecule has 0 N–H and O–H groups in total. The highest BCUT2D eigenvalue weighted by Gasteiger charge is 2.24. The van der Waals surface area contributed by atoms with Crippen molar-refractivity contribution in [2.45, 2.75) is 12.6 Å². The Labute approximate surface area is 140 Å². The van der Waals surface area contributed by atoms with E-state index in [0.29, 0.717) is 6.73 Å². The van der Waals surface area contributed by atoms with E-state index < -0.39 is 0 Å². The Morgan fingerprint density at radius 3 is 2.79 bits per heavy atom. The van der Waals surface area contributed by atoms with Gasteiger partial charge in [0.1, 0.15) is 11.9 Å². The second kappa shape index (κ2) is 5.48. The zero-order chi connectivity index (χ0) is 15.9. The van der Waals surface area contributed by atoms with Gasteiger partial charge in [-0.25, -0.2) is 0 Å². The fraction of sp³-hybridized carbons (Fsp3) is 0.143. The van der Waals surface area contributed by atoms with Crippen LogP contribution < -0.4 is 4.74 Å². The van der Waals surface area contributed by atoms with E-state index in [2.05, 4.69) is 54.6 Å². The van der Waals surface area contributed by atoms with Crippen molar-refractivity contribution >= 4 is 16.8 Å². The molecule has 0 spiro atoms. The molecule has 1 aliphatic heterocycles. The Hall–Kier alpha value is -2.62. The second-order valence-electron chi connectivity index (χ2n) is 6.20. The van der Waals surface area contributed by atoms with Crippen molar-refractivity contribution in [2.24, 2.45) is 0 Å². The normalized spacial score (nSPS) is 19.1. The van der Waals surface area contributed by atoms with Crippen LogP contribution in [0.2, 0.25) is 0 Å². The van der Waals surface area contributed by atoms with Crippen LogP contribution in [-0.2, 0) is 11.4 Å². The maximum atomic E-state index is 6.26. The highest BCUT2D eigenvalue weighted by Crippen LogP contribution is 2.36. The van der Waals surface area contributed by atoms with Crippen molar-refractivity contribution in [3.63, 3.8) is 0 Å². The molecule has 0 saturated carbocycles. The number of fused-ring (bicyclic) bond motifs is 1. The lowest BCUT2D eigenvalue weighted by atomic mass is 9.91. The molecule has 24 heavy (non-hydrogen) atoms. The van der Waals surface area contributed by atoms with Crippen molar-refractivity contribution < 1.29 is 9.57 Å². The summed E-state index contributed by atoms with van der Waals surface area (Å²) >= 11 is 0. The number of hydrogen-bond acceptors (Lipinski definition) is 3. The van der Waals surface area contributed by atoms with Crippen molar-refractivity contribution in [3.8, 4) is 5.75 Å². The minimum atomic E-state index is -0.0857. The first-order valence-electron chi connectivity index (χ1n) is 8.21. The maximum Gasteiger partial charge on any atom is 0.164 e. The van der Waals surface area contributed by atoms with Crippen LogP contribution in [0.3, 0.4) is 0 Å². The van der Waals surface area contributed by atoms with Crippen molar-refractivity contribution in [1.29, 1.82) is 0 Å². The van der Waals surface area contributed by atoms with E-state index in [4.69, 9.17) is 9.57 Å². The van der Waals surface area contributed by atoms with Crippen molar-refractivity contribution in [2.75, 3.05) is 6.73 Å². The fourth-order valence-electron chi connectivity index (χ4n) is 3.54. The third kappa shape index (κ3) is 2.21. The topological polar surface area (TPSA) is 21.7 Å². The van der Waals surface area contributed by atoms with Gasteiger partial charge in [0.05, 0.1) is 6.54 Å². The molecule has 5 rings (SSSR count). The summed E-state index contributed by atoms with van der Waals surface area (Å²) in [5.41, 5.74) is 3.62. The van der Waals surface area contributed by atoms with Gasteiger partial charge >= 0.3 is 0 Å². The van der Waals surface area contributed by atoms with Gasteiger partial charge in [0.25, 0.3) is 0 Å². The Morgan fingerprint density at radius 2 is 1.83 bits per heavy atom. The minimum absolute atomic E-state index is 0.0857. The average Bonchev–Trinajstić information content (AvgIpc) is 2.64. The molecule has 1 unspecified atom stereocenters. The summed E-state index contributed by atoms with van der Waals surface area (Å²) in [6.07, 6.45) is 4.19. The molecule has 1 atom stereocenters. The molecular formula is C21H17NO2. The molecule has 0 amide bonds. The quantitative estimate of drug-likeness (QED) is 0.684. The van der Waals surface area contributed by atoms with Crippen LogP contribution in [0.4, 0.5) is 0 Å². The lowest BCUT2D eigenvalue weighted by Crippen LogP contribution is -2.33. The molecule has 0 radical (unpaired) electrons. The number of benzene rings is 3.